The highest BCUT2D eigenvalue weighted by atomic mass is 16.6. The Morgan fingerprint density at radius 1 is 1.12 bits per heavy atom. The number of nitrogens with zero attached hydrogens (tertiary/aromatic N) is 4. The van der Waals surface area contributed by atoms with Crippen LogP contribution in [-0.2, 0) is 20.1 Å². The van der Waals surface area contributed by atoms with E-state index < -0.39 is 0 Å². The van der Waals surface area contributed by atoms with Gasteiger partial charge < -0.3 is 9.47 Å². The zero-order valence-electron chi connectivity index (χ0n) is 14.1. The maximum absolute atomic E-state index is 5.73. The molecule has 0 unspecified atom stereocenters. The fraction of sp³-hybridized carbons (Fsp3) is 0.556. The van der Waals surface area contributed by atoms with Gasteiger partial charge in [-0.1, -0.05) is 24.1 Å². The molecule has 0 atom stereocenters. The summed E-state index contributed by atoms with van der Waals surface area (Å²) in [6, 6.07) is 6.94. The zero-order chi connectivity index (χ0) is 16.4. The minimum absolute atomic E-state index is 0.628. The number of aromatic nitrogens is 3. The van der Waals surface area contributed by atoms with Crippen molar-refractivity contribution in [1.82, 2.24) is 19.9 Å². The Morgan fingerprint density at radius 3 is 2.67 bits per heavy atom. The second-order valence-electron chi connectivity index (χ2n) is 6.67. The number of rotatable bonds is 5. The van der Waals surface area contributed by atoms with Crippen molar-refractivity contribution < 1.29 is 9.47 Å². The average molecular weight is 328 g/mol. The minimum atomic E-state index is 0.628. The molecule has 1 aromatic heterocycles. The number of hydrogen-bond acceptors (Lipinski definition) is 5. The summed E-state index contributed by atoms with van der Waals surface area (Å²) < 4.78 is 13.2. The van der Waals surface area contributed by atoms with E-state index >= 15 is 0 Å². The number of aryl methyl sites for hydroxylation is 1. The largest absolute Gasteiger partial charge is 0.486 e. The lowest BCUT2D eigenvalue weighted by Gasteiger charge is -2.29. The van der Waals surface area contributed by atoms with Gasteiger partial charge >= 0.3 is 0 Å². The Balaban J connectivity index is 1.53. The molecular formula is C18H24N4O2. The van der Waals surface area contributed by atoms with Crippen LogP contribution in [0.2, 0.25) is 0 Å². The van der Waals surface area contributed by atoms with Crippen molar-refractivity contribution in [3.63, 3.8) is 0 Å². The van der Waals surface area contributed by atoms with Crippen molar-refractivity contribution in [3.05, 3.63) is 35.7 Å². The molecular weight excluding hydrogens is 304 g/mol. The highest BCUT2D eigenvalue weighted by Gasteiger charge is 2.24. The van der Waals surface area contributed by atoms with E-state index in [1.807, 2.05) is 24.0 Å². The van der Waals surface area contributed by atoms with Crippen molar-refractivity contribution in [2.24, 2.45) is 7.05 Å². The summed E-state index contributed by atoms with van der Waals surface area (Å²) in [5.41, 5.74) is 2.42. The molecule has 1 aromatic carbocycles. The van der Waals surface area contributed by atoms with E-state index in [4.69, 9.17) is 9.47 Å². The predicted molar refractivity (Wildman–Crippen MR) is 89.9 cm³/mol. The number of benzene rings is 1. The van der Waals surface area contributed by atoms with Crippen LogP contribution in [-0.4, -0.2) is 39.1 Å². The molecule has 0 bridgehead atoms. The summed E-state index contributed by atoms with van der Waals surface area (Å²) in [6.07, 6.45) is 7.06. The van der Waals surface area contributed by atoms with Gasteiger partial charge in [-0.3, -0.25) is 9.58 Å². The monoisotopic (exact) mass is 328 g/mol. The first-order valence-electron chi connectivity index (χ1n) is 8.76. The second-order valence-corrected chi connectivity index (χ2v) is 6.67. The van der Waals surface area contributed by atoms with Crippen molar-refractivity contribution in [3.8, 4) is 11.5 Å². The molecule has 4 rings (SSSR count). The van der Waals surface area contributed by atoms with E-state index in [1.54, 1.807) is 0 Å². The molecule has 6 nitrogen and oxygen atoms in total. The molecule has 1 aliphatic heterocycles. The lowest BCUT2D eigenvalue weighted by Crippen LogP contribution is -2.33. The van der Waals surface area contributed by atoms with Gasteiger partial charge in [0.2, 0.25) is 0 Å². The highest BCUT2D eigenvalue weighted by Crippen LogP contribution is 2.32. The Kier molecular flexibility index (Phi) is 4.38. The lowest BCUT2D eigenvalue weighted by atomic mass is 10.1. The maximum atomic E-state index is 5.73. The van der Waals surface area contributed by atoms with Crippen LogP contribution < -0.4 is 9.47 Å². The molecule has 0 spiro atoms. The molecule has 1 aliphatic carbocycles. The minimum Gasteiger partial charge on any atom is -0.486 e. The van der Waals surface area contributed by atoms with Crippen LogP contribution in [0.4, 0.5) is 0 Å². The number of hydrogen-bond donors (Lipinski definition) is 0. The molecule has 6 heteroatoms. The molecule has 0 amide bonds. The van der Waals surface area contributed by atoms with Crippen molar-refractivity contribution in [2.45, 2.75) is 44.8 Å². The lowest BCUT2D eigenvalue weighted by molar-refractivity contribution is 0.166. The van der Waals surface area contributed by atoms with Crippen LogP contribution in [0.15, 0.2) is 24.4 Å². The molecule has 0 N–H and O–H groups in total. The fourth-order valence-electron chi connectivity index (χ4n) is 3.67. The summed E-state index contributed by atoms with van der Waals surface area (Å²) in [4.78, 5) is 2.55. The van der Waals surface area contributed by atoms with Crippen molar-refractivity contribution in [1.29, 1.82) is 0 Å². The molecule has 0 saturated heterocycles. The molecule has 1 saturated carbocycles. The van der Waals surface area contributed by atoms with Gasteiger partial charge in [0.25, 0.3) is 0 Å². The van der Waals surface area contributed by atoms with Gasteiger partial charge in [-0.15, -0.1) is 5.10 Å². The van der Waals surface area contributed by atoms with Crippen LogP contribution >= 0.6 is 0 Å². The van der Waals surface area contributed by atoms with E-state index in [-0.39, 0.29) is 0 Å². The predicted octanol–water partition coefficient (Wildman–Crippen LogP) is 2.53. The van der Waals surface area contributed by atoms with E-state index in [9.17, 15) is 0 Å². The van der Waals surface area contributed by atoms with E-state index in [1.165, 1.54) is 31.2 Å². The Morgan fingerprint density at radius 2 is 1.92 bits per heavy atom. The van der Waals surface area contributed by atoms with Crippen LogP contribution in [0.1, 0.15) is 36.9 Å². The quantitative estimate of drug-likeness (QED) is 0.844. The second kappa shape index (κ2) is 6.81. The van der Waals surface area contributed by atoms with Gasteiger partial charge in [0, 0.05) is 26.2 Å². The zero-order valence-corrected chi connectivity index (χ0v) is 14.1. The third-order valence-corrected chi connectivity index (χ3v) is 5.01. The first-order valence-corrected chi connectivity index (χ1v) is 8.76. The third-order valence-electron chi connectivity index (χ3n) is 5.01. The summed E-state index contributed by atoms with van der Waals surface area (Å²) in [5, 5.41) is 8.08. The number of ether oxygens (including phenoxy) is 2. The summed E-state index contributed by atoms with van der Waals surface area (Å²) in [5.74, 6) is 1.72. The fourth-order valence-corrected chi connectivity index (χ4v) is 3.67. The molecule has 2 heterocycles. The standard InChI is InChI=1S/C18H24N4O2/c1-21-16(11-19-20-21)13-22(15-4-2-3-5-15)12-14-6-7-17-18(10-14)24-9-8-23-17/h6-7,10-11,15H,2-5,8-9,12-13H2,1H3. The molecule has 2 aliphatic rings. The number of fused-ring (bicyclic) bond motifs is 1. The first kappa shape index (κ1) is 15.4. The van der Waals surface area contributed by atoms with Gasteiger partial charge in [0.05, 0.1) is 11.9 Å². The highest BCUT2D eigenvalue weighted by molar-refractivity contribution is 5.43. The van der Waals surface area contributed by atoms with Crippen molar-refractivity contribution in [2.75, 3.05) is 13.2 Å². The third kappa shape index (κ3) is 3.24. The molecule has 128 valence electrons. The van der Waals surface area contributed by atoms with E-state index in [0.29, 0.717) is 19.3 Å². The Labute approximate surface area is 142 Å². The van der Waals surface area contributed by atoms with Gasteiger partial charge in [-0.25, -0.2) is 0 Å². The topological polar surface area (TPSA) is 52.4 Å². The SMILES string of the molecule is Cn1nncc1CN(Cc1ccc2c(c1)OCCO2)C1CCCC1. The average Bonchev–Trinajstić information content (AvgIpc) is 3.26. The Hall–Kier alpha value is -2.08. The van der Waals surface area contributed by atoms with Crippen LogP contribution in [0, 0.1) is 0 Å². The molecule has 24 heavy (non-hydrogen) atoms. The first-order chi connectivity index (χ1) is 11.8. The molecule has 2 aromatic rings. The normalized spacial score (nSPS) is 17.6. The Bertz CT molecular complexity index is 694. The van der Waals surface area contributed by atoms with Crippen molar-refractivity contribution >= 4 is 0 Å². The smallest absolute Gasteiger partial charge is 0.161 e. The van der Waals surface area contributed by atoms with E-state index in [0.717, 1.165) is 30.3 Å². The summed E-state index contributed by atoms with van der Waals surface area (Å²) >= 11 is 0. The van der Waals surface area contributed by atoms with E-state index in [2.05, 4.69) is 27.3 Å². The van der Waals surface area contributed by atoms with Crippen LogP contribution in [0.25, 0.3) is 0 Å². The molecule has 1 fully saturated rings. The van der Waals surface area contributed by atoms with Gasteiger partial charge in [0.15, 0.2) is 11.5 Å². The van der Waals surface area contributed by atoms with Gasteiger partial charge in [-0.05, 0) is 30.5 Å². The summed E-state index contributed by atoms with van der Waals surface area (Å²) in [6.45, 7) is 3.05. The molecule has 0 radical (unpaired) electrons. The van der Waals surface area contributed by atoms with Gasteiger partial charge in [0.1, 0.15) is 13.2 Å². The van der Waals surface area contributed by atoms with Crippen LogP contribution in [0.3, 0.4) is 0 Å². The van der Waals surface area contributed by atoms with Gasteiger partial charge in [-0.2, -0.15) is 0 Å². The maximum Gasteiger partial charge on any atom is 0.161 e. The van der Waals surface area contributed by atoms with Crippen LogP contribution in [0.5, 0.6) is 11.5 Å². The summed E-state index contributed by atoms with van der Waals surface area (Å²) in [7, 11) is 1.96.